The van der Waals surface area contributed by atoms with E-state index in [0.29, 0.717) is 0 Å². The summed E-state index contributed by atoms with van der Waals surface area (Å²) in [6, 6.07) is 9.23. The molecule has 0 saturated heterocycles. The van der Waals surface area contributed by atoms with Gasteiger partial charge in [0.25, 0.3) is 0 Å². The van der Waals surface area contributed by atoms with Crippen molar-refractivity contribution >= 4 is 5.97 Å². The first-order valence-corrected chi connectivity index (χ1v) is 5.31. The summed E-state index contributed by atoms with van der Waals surface area (Å²) >= 11 is 0. The van der Waals surface area contributed by atoms with E-state index in [2.05, 4.69) is 0 Å². The Morgan fingerprint density at radius 1 is 1.12 bits per heavy atom. The maximum Gasteiger partial charge on any atom is 0.331 e. The summed E-state index contributed by atoms with van der Waals surface area (Å²) in [4.78, 5) is 11.9. The highest BCUT2D eigenvalue weighted by molar-refractivity contribution is 5.82. The van der Waals surface area contributed by atoms with Crippen LogP contribution in [-0.4, -0.2) is 11.6 Å². The van der Waals surface area contributed by atoms with Crippen LogP contribution in [0.5, 0.6) is 0 Å². The maximum atomic E-state index is 11.9. The van der Waals surface area contributed by atoms with Gasteiger partial charge in [-0.05, 0) is 33.3 Å². The fourth-order valence-electron chi connectivity index (χ4n) is 1.29. The number of ether oxygens (including phenoxy) is 1. The van der Waals surface area contributed by atoms with Crippen LogP contribution in [0, 0.1) is 0 Å². The van der Waals surface area contributed by atoms with Gasteiger partial charge in [-0.2, -0.15) is 0 Å². The molecule has 3 nitrogen and oxygen atoms in total. The second kappa shape index (κ2) is 4.26. The van der Waals surface area contributed by atoms with Crippen LogP contribution in [0.25, 0.3) is 0 Å². The largest absolute Gasteiger partial charge is 0.458 e. The fraction of sp³-hybridized carbons (Fsp3) is 0.462. The minimum atomic E-state index is -1.10. The lowest BCUT2D eigenvalue weighted by atomic mass is 9.93. The van der Waals surface area contributed by atoms with Gasteiger partial charge >= 0.3 is 5.97 Å². The van der Waals surface area contributed by atoms with Gasteiger partial charge in [0.05, 0.1) is 0 Å². The van der Waals surface area contributed by atoms with Gasteiger partial charge in [0.1, 0.15) is 11.1 Å². The number of hydrogen-bond acceptors (Lipinski definition) is 3. The van der Waals surface area contributed by atoms with Crippen LogP contribution in [0.4, 0.5) is 0 Å². The molecule has 0 unspecified atom stereocenters. The van der Waals surface area contributed by atoms with Crippen LogP contribution < -0.4 is 5.73 Å². The van der Waals surface area contributed by atoms with Crippen molar-refractivity contribution in [2.24, 2.45) is 5.73 Å². The number of carbonyl (C=O) groups excluding carboxylic acids is 1. The summed E-state index contributed by atoms with van der Waals surface area (Å²) in [7, 11) is 0. The topological polar surface area (TPSA) is 52.3 Å². The van der Waals surface area contributed by atoms with E-state index < -0.39 is 17.1 Å². The van der Waals surface area contributed by atoms with E-state index in [1.54, 1.807) is 6.92 Å². The standard InChI is InChI=1S/C13H19NO2/c1-12(2,3)16-11(15)13(4,14)10-8-6-5-7-9-10/h5-9H,14H2,1-4H3/t13-/m1/s1. The minimum absolute atomic E-state index is 0.411. The van der Waals surface area contributed by atoms with Gasteiger partial charge in [0.2, 0.25) is 0 Å². The molecule has 1 aromatic rings. The quantitative estimate of drug-likeness (QED) is 0.779. The lowest BCUT2D eigenvalue weighted by Crippen LogP contribution is -2.45. The highest BCUT2D eigenvalue weighted by Gasteiger charge is 2.34. The lowest BCUT2D eigenvalue weighted by molar-refractivity contribution is -0.161. The SMILES string of the molecule is CC(C)(C)OC(=O)[C@](C)(N)c1ccccc1. The van der Waals surface area contributed by atoms with Crippen LogP contribution in [-0.2, 0) is 15.1 Å². The summed E-state index contributed by atoms with van der Waals surface area (Å²) < 4.78 is 5.29. The summed E-state index contributed by atoms with van der Waals surface area (Å²) in [5, 5.41) is 0. The summed E-state index contributed by atoms with van der Waals surface area (Å²) in [6.07, 6.45) is 0. The molecule has 0 radical (unpaired) electrons. The summed E-state index contributed by atoms with van der Waals surface area (Å²) in [5.41, 5.74) is 5.14. The number of esters is 1. The van der Waals surface area contributed by atoms with Gasteiger partial charge in [-0.25, -0.2) is 4.79 Å². The Balaban J connectivity index is 2.90. The van der Waals surface area contributed by atoms with Gasteiger partial charge in [0, 0.05) is 0 Å². The molecule has 0 heterocycles. The molecular weight excluding hydrogens is 202 g/mol. The molecule has 0 fully saturated rings. The average molecular weight is 221 g/mol. The van der Waals surface area contributed by atoms with Crippen molar-refractivity contribution in [2.45, 2.75) is 38.8 Å². The van der Waals surface area contributed by atoms with Crippen LogP contribution in [0.3, 0.4) is 0 Å². The van der Waals surface area contributed by atoms with Crippen LogP contribution in [0.1, 0.15) is 33.3 Å². The van der Waals surface area contributed by atoms with E-state index in [1.165, 1.54) is 0 Å². The minimum Gasteiger partial charge on any atom is -0.458 e. The molecule has 0 saturated carbocycles. The molecule has 0 spiro atoms. The second-order valence-corrected chi connectivity index (χ2v) is 5.07. The third kappa shape index (κ3) is 3.07. The molecule has 2 N–H and O–H groups in total. The molecule has 0 aliphatic carbocycles. The summed E-state index contributed by atoms with van der Waals surface area (Å²) in [5.74, 6) is -0.411. The molecule has 0 aliphatic heterocycles. The average Bonchev–Trinajstić information content (AvgIpc) is 2.16. The van der Waals surface area contributed by atoms with Crippen LogP contribution in [0.2, 0.25) is 0 Å². The highest BCUT2D eigenvalue weighted by Crippen LogP contribution is 2.21. The Morgan fingerprint density at radius 2 is 1.62 bits per heavy atom. The van der Waals surface area contributed by atoms with Crippen molar-refractivity contribution in [1.82, 2.24) is 0 Å². The molecule has 16 heavy (non-hydrogen) atoms. The number of carbonyl (C=O) groups is 1. The number of nitrogens with two attached hydrogens (primary N) is 1. The molecule has 0 amide bonds. The van der Waals surface area contributed by atoms with Crippen molar-refractivity contribution < 1.29 is 9.53 Å². The monoisotopic (exact) mass is 221 g/mol. The molecule has 0 aliphatic rings. The molecule has 3 heteroatoms. The highest BCUT2D eigenvalue weighted by atomic mass is 16.6. The first-order valence-electron chi connectivity index (χ1n) is 5.31. The Labute approximate surface area is 96.6 Å². The van der Waals surface area contributed by atoms with E-state index in [9.17, 15) is 4.79 Å². The summed E-state index contributed by atoms with van der Waals surface area (Å²) in [6.45, 7) is 7.14. The lowest BCUT2D eigenvalue weighted by Gasteiger charge is -2.28. The fourth-order valence-corrected chi connectivity index (χ4v) is 1.29. The number of benzene rings is 1. The number of rotatable bonds is 2. The third-order valence-electron chi connectivity index (χ3n) is 2.20. The van der Waals surface area contributed by atoms with Gasteiger partial charge in [-0.1, -0.05) is 30.3 Å². The maximum absolute atomic E-state index is 11.9. The van der Waals surface area contributed by atoms with E-state index in [0.717, 1.165) is 5.56 Å². The molecular formula is C13H19NO2. The van der Waals surface area contributed by atoms with Crippen molar-refractivity contribution in [1.29, 1.82) is 0 Å². The van der Waals surface area contributed by atoms with E-state index in [4.69, 9.17) is 10.5 Å². The van der Waals surface area contributed by atoms with Gasteiger partial charge in [-0.3, -0.25) is 0 Å². The van der Waals surface area contributed by atoms with Crippen LogP contribution >= 0.6 is 0 Å². The van der Waals surface area contributed by atoms with Gasteiger partial charge in [-0.15, -0.1) is 0 Å². The molecule has 1 atom stereocenters. The Kier molecular flexibility index (Phi) is 3.38. The smallest absolute Gasteiger partial charge is 0.331 e. The van der Waals surface area contributed by atoms with E-state index in [-0.39, 0.29) is 0 Å². The predicted molar refractivity (Wildman–Crippen MR) is 63.8 cm³/mol. The Bertz CT molecular complexity index is 363. The van der Waals surface area contributed by atoms with Gasteiger partial charge < -0.3 is 10.5 Å². The van der Waals surface area contributed by atoms with Crippen molar-refractivity contribution in [3.63, 3.8) is 0 Å². The van der Waals surface area contributed by atoms with Gasteiger partial charge in [0.15, 0.2) is 0 Å². The zero-order chi connectivity index (χ0) is 12.4. The third-order valence-corrected chi connectivity index (χ3v) is 2.20. The zero-order valence-corrected chi connectivity index (χ0v) is 10.3. The molecule has 88 valence electrons. The Morgan fingerprint density at radius 3 is 2.06 bits per heavy atom. The second-order valence-electron chi connectivity index (χ2n) is 5.07. The van der Waals surface area contributed by atoms with Crippen molar-refractivity contribution in [3.8, 4) is 0 Å². The van der Waals surface area contributed by atoms with E-state index in [1.807, 2.05) is 51.1 Å². The van der Waals surface area contributed by atoms with Crippen molar-refractivity contribution in [2.75, 3.05) is 0 Å². The van der Waals surface area contributed by atoms with Crippen molar-refractivity contribution in [3.05, 3.63) is 35.9 Å². The molecule has 1 aromatic carbocycles. The normalized spacial score (nSPS) is 15.3. The zero-order valence-electron chi connectivity index (χ0n) is 10.3. The van der Waals surface area contributed by atoms with Crippen LogP contribution in [0.15, 0.2) is 30.3 Å². The molecule has 0 aromatic heterocycles. The predicted octanol–water partition coefficient (Wildman–Crippen LogP) is 2.20. The molecule has 0 bridgehead atoms. The first-order chi connectivity index (χ1) is 7.23. The van der Waals surface area contributed by atoms with E-state index >= 15 is 0 Å². The molecule has 1 rings (SSSR count). The Hall–Kier alpha value is -1.35. The number of hydrogen-bond donors (Lipinski definition) is 1. The first kappa shape index (κ1) is 12.7.